The zero-order valence-electron chi connectivity index (χ0n) is 31.2. The van der Waals surface area contributed by atoms with E-state index in [1.807, 2.05) is 6.07 Å². The largest absolute Gasteiger partial charge is 0.455 e. The van der Waals surface area contributed by atoms with Gasteiger partial charge in [-0.1, -0.05) is 188 Å². The van der Waals surface area contributed by atoms with Crippen LogP contribution in [0.2, 0.25) is 0 Å². The molecule has 0 radical (unpaired) electrons. The number of hydrogen-bond donors (Lipinski definition) is 0. The first kappa shape index (κ1) is 33.0. The first-order chi connectivity index (χ1) is 28.3. The highest BCUT2D eigenvalue weighted by atomic mass is 16.3. The van der Waals surface area contributed by atoms with Crippen LogP contribution in [0.1, 0.15) is 22.3 Å². The predicted octanol–water partition coefficient (Wildman–Crippen LogP) is 14.8. The Balaban J connectivity index is 1.23. The zero-order chi connectivity index (χ0) is 37.8. The lowest BCUT2D eigenvalue weighted by molar-refractivity contribution is 0.670. The number of hydrogen-bond acceptors (Lipinski definition) is 2. The molecule has 11 rings (SSSR count). The second kappa shape index (κ2) is 13.4. The summed E-state index contributed by atoms with van der Waals surface area (Å²) in [5.41, 5.74) is 16.5. The van der Waals surface area contributed by atoms with Crippen molar-refractivity contribution in [3.8, 4) is 33.4 Å². The molecule has 0 saturated carbocycles. The Kier molecular flexibility index (Phi) is 7.75. The quantitative estimate of drug-likeness (QED) is 0.163. The third kappa shape index (κ3) is 5.11. The molecule has 1 heterocycles. The molecule has 0 amide bonds. The Morgan fingerprint density at radius 1 is 0.368 bits per heavy atom. The molecule has 0 atom stereocenters. The van der Waals surface area contributed by atoms with Gasteiger partial charge in [-0.2, -0.15) is 0 Å². The lowest BCUT2D eigenvalue weighted by Crippen LogP contribution is -2.28. The monoisotopic (exact) mass is 727 g/mol. The van der Waals surface area contributed by atoms with Crippen LogP contribution in [-0.2, 0) is 5.41 Å². The van der Waals surface area contributed by atoms with E-state index in [1.54, 1.807) is 0 Å². The molecule has 1 aromatic heterocycles. The molecular weight excluding hydrogens is 691 g/mol. The third-order valence-corrected chi connectivity index (χ3v) is 11.8. The maximum atomic E-state index is 6.78. The molecule has 0 bridgehead atoms. The molecule has 2 nitrogen and oxygen atoms in total. The molecule has 0 aliphatic heterocycles. The molecule has 2 heteroatoms. The highest BCUT2D eigenvalue weighted by molar-refractivity contribution is 6.12. The predicted molar refractivity (Wildman–Crippen MR) is 237 cm³/mol. The number of furan rings is 1. The lowest BCUT2D eigenvalue weighted by Gasteiger charge is -2.35. The summed E-state index contributed by atoms with van der Waals surface area (Å²) in [5.74, 6) is 0. The molecule has 0 N–H and O–H groups in total. The minimum absolute atomic E-state index is 0.526. The summed E-state index contributed by atoms with van der Waals surface area (Å²) in [6.45, 7) is 0. The van der Waals surface area contributed by atoms with Gasteiger partial charge in [0, 0.05) is 33.3 Å². The van der Waals surface area contributed by atoms with Gasteiger partial charge in [-0.3, -0.25) is 0 Å². The van der Waals surface area contributed by atoms with Gasteiger partial charge in [-0.25, -0.2) is 0 Å². The third-order valence-electron chi connectivity index (χ3n) is 11.8. The highest BCUT2D eigenvalue weighted by Crippen LogP contribution is 2.58. The van der Waals surface area contributed by atoms with E-state index in [0.29, 0.717) is 0 Å². The van der Waals surface area contributed by atoms with Gasteiger partial charge < -0.3 is 9.32 Å². The van der Waals surface area contributed by atoms with Crippen molar-refractivity contribution < 1.29 is 4.42 Å². The van der Waals surface area contributed by atoms with Crippen LogP contribution >= 0.6 is 0 Å². The first-order valence-electron chi connectivity index (χ1n) is 19.6. The van der Waals surface area contributed by atoms with Crippen LogP contribution in [0.15, 0.2) is 229 Å². The van der Waals surface area contributed by atoms with E-state index in [1.165, 1.54) is 33.4 Å². The smallest absolute Gasteiger partial charge is 0.143 e. The van der Waals surface area contributed by atoms with Crippen molar-refractivity contribution in [2.75, 3.05) is 4.90 Å². The summed E-state index contributed by atoms with van der Waals surface area (Å²) in [5, 5.41) is 2.22. The number of benzene rings is 9. The molecule has 268 valence electrons. The average molecular weight is 728 g/mol. The molecular formula is C55H37NO. The number of anilines is 3. The second-order valence-electron chi connectivity index (χ2n) is 14.8. The Hall–Kier alpha value is -7.42. The fraction of sp³-hybridized carbons (Fsp3) is 0.0182. The summed E-state index contributed by atoms with van der Waals surface area (Å²) >= 11 is 0. The van der Waals surface area contributed by atoms with E-state index in [4.69, 9.17) is 4.42 Å². The van der Waals surface area contributed by atoms with Gasteiger partial charge in [0.2, 0.25) is 0 Å². The Bertz CT molecular complexity index is 3020. The zero-order valence-corrected chi connectivity index (χ0v) is 31.2. The van der Waals surface area contributed by atoms with Crippen LogP contribution in [0.4, 0.5) is 17.1 Å². The Labute approximate surface area is 332 Å². The van der Waals surface area contributed by atoms with Crippen molar-refractivity contribution in [1.29, 1.82) is 0 Å². The van der Waals surface area contributed by atoms with Crippen molar-refractivity contribution in [2.45, 2.75) is 5.41 Å². The molecule has 0 unspecified atom stereocenters. The van der Waals surface area contributed by atoms with Gasteiger partial charge in [0.25, 0.3) is 0 Å². The van der Waals surface area contributed by atoms with E-state index in [-0.39, 0.29) is 0 Å². The van der Waals surface area contributed by atoms with Crippen LogP contribution in [0.3, 0.4) is 0 Å². The summed E-state index contributed by atoms with van der Waals surface area (Å²) in [6, 6.07) is 81.2. The molecule has 0 spiro atoms. The van der Waals surface area contributed by atoms with Crippen molar-refractivity contribution in [2.24, 2.45) is 0 Å². The fourth-order valence-electron chi connectivity index (χ4n) is 9.39. The van der Waals surface area contributed by atoms with E-state index in [9.17, 15) is 0 Å². The van der Waals surface area contributed by atoms with E-state index >= 15 is 0 Å². The molecule has 57 heavy (non-hydrogen) atoms. The first-order valence-corrected chi connectivity index (χ1v) is 19.6. The van der Waals surface area contributed by atoms with Gasteiger partial charge in [0.15, 0.2) is 0 Å². The van der Waals surface area contributed by atoms with E-state index in [2.05, 4.69) is 223 Å². The maximum Gasteiger partial charge on any atom is 0.143 e. The van der Waals surface area contributed by atoms with Gasteiger partial charge in [0.05, 0.1) is 11.1 Å². The summed E-state index contributed by atoms with van der Waals surface area (Å²) in [6.07, 6.45) is 0. The van der Waals surface area contributed by atoms with Crippen molar-refractivity contribution >= 4 is 39.0 Å². The standard InChI is InChI=1S/C55H37NO/c1-5-19-38(20-6-1)43-29-18-33-51(53(43)48-31-17-30-47-46-28-14-16-34-52(46)57-54(47)48)56(41-25-11-4-12-26-41)42-35-36-45-44-27-13-15-32-49(44)55(50(45)37-42,39-21-7-2-8-22-39)40-23-9-3-10-24-40/h1-37H. The fourth-order valence-corrected chi connectivity index (χ4v) is 9.39. The van der Waals surface area contributed by atoms with Crippen molar-refractivity contribution in [1.82, 2.24) is 0 Å². The van der Waals surface area contributed by atoms with Gasteiger partial charge in [-0.05, 0) is 80.9 Å². The van der Waals surface area contributed by atoms with Crippen LogP contribution < -0.4 is 4.90 Å². The maximum absolute atomic E-state index is 6.78. The van der Waals surface area contributed by atoms with Crippen LogP contribution in [0.5, 0.6) is 0 Å². The number of fused-ring (bicyclic) bond motifs is 6. The number of para-hydroxylation sites is 3. The summed E-state index contributed by atoms with van der Waals surface area (Å²) < 4.78 is 6.78. The highest BCUT2D eigenvalue weighted by Gasteiger charge is 2.46. The van der Waals surface area contributed by atoms with Crippen molar-refractivity contribution in [3.63, 3.8) is 0 Å². The second-order valence-corrected chi connectivity index (χ2v) is 14.8. The average Bonchev–Trinajstić information content (AvgIpc) is 3.82. The Morgan fingerprint density at radius 3 is 1.68 bits per heavy atom. The van der Waals surface area contributed by atoms with Gasteiger partial charge in [0.1, 0.15) is 11.2 Å². The topological polar surface area (TPSA) is 16.4 Å². The Morgan fingerprint density at radius 2 is 0.930 bits per heavy atom. The van der Waals surface area contributed by atoms with Crippen LogP contribution in [0.25, 0.3) is 55.3 Å². The van der Waals surface area contributed by atoms with Crippen molar-refractivity contribution in [3.05, 3.63) is 247 Å². The molecule has 1 aliphatic rings. The van der Waals surface area contributed by atoms with Crippen LogP contribution in [0, 0.1) is 0 Å². The minimum atomic E-state index is -0.526. The van der Waals surface area contributed by atoms with Crippen LogP contribution in [-0.4, -0.2) is 0 Å². The van der Waals surface area contributed by atoms with E-state index in [0.717, 1.165) is 61.3 Å². The number of rotatable bonds is 7. The summed E-state index contributed by atoms with van der Waals surface area (Å²) in [7, 11) is 0. The van der Waals surface area contributed by atoms with E-state index < -0.39 is 5.41 Å². The minimum Gasteiger partial charge on any atom is -0.455 e. The lowest BCUT2D eigenvalue weighted by atomic mass is 9.67. The normalized spacial score (nSPS) is 12.7. The van der Waals surface area contributed by atoms with Gasteiger partial charge in [-0.15, -0.1) is 0 Å². The molecule has 9 aromatic carbocycles. The number of nitrogens with zero attached hydrogens (tertiary/aromatic N) is 1. The van der Waals surface area contributed by atoms with Gasteiger partial charge >= 0.3 is 0 Å². The molecule has 0 fully saturated rings. The SMILES string of the molecule is c1ccc(-c2cccc(N(c3ccccc3)c3ccc4c(c3)C(c3ccccc3)(c3ccccc3)c3ccccc3-4)c2-c2cccc3c2oc2ccccc23)cc1. The molecule has 0 saturated heterocycles. The summed E-state index contributed by atoms with van der Waals surface area (Å²) in [4.78, 5) is 2.44. The molecule has 10 aromatic rings. The molecule has 1 aliphatic carbocycles.